The second-order valence-electron chi connectivity index (χ2n) is 2.65. The smallest absolute Gasteiger partial charge is 0.321 e. The first-order chi connectivity index (χ1) is 6.93. The molecular weight excluding hydrogens is 224 g/mol. The van der Waals surface area contributed by atoms with E-state index in [1.807, 2.05) is 5.32 Å². The van der Waals surface area contributed by atoms with Crippen LogP contribution in [0.25, 0.3) is 0 Å². The number of nitrogens with one attached hydrogen (secondary N) is 3. The van der Waals surface area contributed by atoms with Crippen molar-refractivity contribution in [3.8, 4) is 0 Å². The summed E-state index contributed by atoms with van der Waals surface area (Å²) >= 11 is 5.41. The fraction of sp³-hybridized carbons (Fsp3) is 0.571. The highest BCUT2D eigenvalue weighted by Gasteiger charge is 2.11. The molecule has 0 aromatic heterocycles. The minimum Gasteiger partial charge on any atom is -0.352 e. The van der Waals surface area contributed by atoms with E-state index in [4.69, 9.17) is 17.3 Å². The molecule has 8 heteroatoms. The SMILES string of the molecule is CC(Cl)C(=O)NC(=O)NCCNC(N)=O. The maximum absolute atomic E-state index is 11.0. The summed E-state index contributed by atoms with van der Waals surface area (Å²) in [5, 5.41) is 5.81. The molecular formula is C7H13ClN4O3. The first-order valence-corrected chi connectivity index (χ1v) is 4.63. The molecule has 86 valence electrons. The number of nitrogens with two attached hydrogens (primary N) is 1. The molecule has 0 fully saturated rings. The summed E-state index contributed by atoms with van der Waals surface area (Å²) in [6, 6.07) is -1.35. The van der Waals surface area contributed by atoms with Crippen LogP contribution in [0, 0.1) is 0 Å². The molecule has 15 heavy (non-hydrogen) atoms. The number of hydrogen-bond donors (Lipinski definition) is 4. The first kappa shape index (κ1) is 13.5. The van der Waals surface area contributed by atoms with Gasteiger partial charge in [0.2, 0.25) is 5.91 Å². The third kappa shape index (κ3) is 7.56. The van der Waals surface area contributed by atoms with Gasteiger partial charge in [0.25, 0.3) is 0 Å². The number of hydrogen-bond acceptors (Lipinski definition) is 3. The Kier molecular flexibility index (Phi) is 6.19. The Morgan fingerprint density at radius 3 is 2.27 bits per heavy atom. The van der Waals surface area contributed by atoms with Crippen LogP contribution in [0.2, 0.25) is 0 Å². The second-order valence-corrected chi connectivity index (χ2v) is 3.31. The van der Waals surface area contributed by atoms with Crippen LogP contribution in [0.4, 0.5) is 9.59 Å². The number of primary amides is 1. The summed E-state index contributed by atoms with van der Waals surface area (Å²) < 4.78 is 0. The molecule has 0 aliphatic carbocycles. The number of alkyl halides is 1. The van der Waals surface area contributed by atoms with Gasteiger partial charge in [-0.3, -0.25) is 10.1 Å². The number of imide groups is 1. The van der Waals surface area contributed by atoms with E-state index < -0.39 is 23.3 Å². The van der Waals surface area contributed by atoms with E-state index in [9.17, 15) is 14.4 Å². The Bertz CT molecular complexity index is 257. The van der Waals surface area contributed by atoms with Crippen molar-refractivity contribution in [1.29, 1.82) is 0 Å². The summed E-state index contributed by atoms with van der Waals surface area (Å²) in [6.45, 7) is 1.80. The topological polar surface area (TPSA) is 113 Å². The van der Waals surface area contributed by atoms with Crippen LogP contribution in [0.5, 0.6) is 0 Å². The lowest BCUT2D eigenvalue weighted by atomic mass is 10.4. The summed E-state index contributed by atoms with van der Waals surface area (Å²) in [5.74, 6) is -0.586. The standard InChI is InChI=1S/C7H13ClN4O3/c1-4(8)5(13)12-7(15)11-3-2-10-6(9)14/h4H,2-3H2,1H3,(H3,9,10,14)(H2,11,12,13,15). The van der Waals surface area contributed by atoms with Gasteiger partial charge in [0, 0.05) is 13.1 Å². The highest BCUT2D eigenvalue weighted by Crippen LogP contribution is 1.91. The van der Waals surface area contributed by atoms with Gasteiger partial charge < -0.3 is 16.4 Å². The lowest BCUT2D eigenvalue weighted by Gasteiger charge is -2.07. The maximum atomic E-state index is 11.0. The van der Waals surface area contributed by atoms with E-state index in [1.165, 1.54) is 6.92 Å². The van der Waals surface area contributed by atoms with E-state index in [-0.39, 0.29) is 13.1 Å². The van der Waals surface area contributed by atoms with Crippen molar-refractivity contribution in [1.82, 2.24) is 16.0 Å². The van der Waals surface area contributed by atoms with E-state index >= 15 is 0 Å². The quantitative estimate of drug-likeness (QED) is 0.375. The Balaban J connectivity index is 3.58. The number of carbonyl (C=O) groups excluding carboxylic acids is 3. The third-order valence-corrected chi connectivity index (χ3v) is 1.51. The highest BCUT2D eigenvalue weighted by atomic mass is 35.5. The second kappa shape index (κ2) is 6.88. The summed E-state index contributed by atoms with van der Waals surface area (Å²) in [5.41, 5.74) is 4.78. The molecule has 7 nitrogen and oxygen atoms in total. The zero-order valence-electron chi connectivity index (χ0n) is 8.17. The largest absolute Gasteiger partial charge is 0.352 e. The predicted octanol–water partition coefficient (Wildman–Crippen LogP) is -0.892. The van der Waals surface area contributed by atoms with Crippen molar-refractivity contribution >= 4 is 29.6 Å². The van der Waals surface area contributed by atoms with Crippen LogP contribution in [-0.2, 0) is 4.79 Å². The molecule has 0 saturated heterocycles. The summed E-state index contributed by atoms with van der Waals surface area (Å²) in [4.78, 5) is 32.1. The van der Waals surface area contributed by atoms with Crippen molar-refractivity contribution in [3.63, 3.8) is 0 Å². The predicted molar refractivity (Wildman–Crippen MR) is 54.4 cm³/mol. The monoisotopic (exact) mass is 236 g/mol. The zero-order valence-corrected chi connectivity index (χ0v) is 8.93. The van der Waals surface area contributed by atoms with Crippen LogP contribution in [0.15, 0.2) is 0 Å². The molecule has 1 unspecified atom stereocenters. The van der Waals surface area contributed by atoms with Crippen molar-refractivity contribution in [2.45, 2.75) is 12.3 Å². The summed E-state index contributed by atoms with van der Waals surface area (Å²) in [6.07, 6.45) is 0. The van der Waals surface area contributed by atoms with Crippen molar-refractivity contribution in [2.24, 2.45) is 5.73 Å². The maximum Gasteiger partial charge on any atom is 0.321 e. The summed E-state index contributed by atoms with van der Waals surface area (Å²) in [7, 11) is 0. The molecule has 0 aromatic carbocycles. The van der Waals surface area contributed by atoms with Gasteiger partial charge >= 0.3 is 12.1 Å². The Labute approximate surface area is 91.7 Å². The molecule has 0 radical (unpaired) electrons. The molecule has 0 bridgehead atoms. The molecule has 0 aliphatic rings. The van der Waals surface area contributed by atoms with Crippen LogP contribution < -0.4 is 21.7 Å². The van der Waals surface area contributed by atoms with Gasteiger partial charge in [0.15, 0.2) is 0 Å². The molecule has 0 rings (SSSR count). The number of halogens is 1. The van der Waals surface area contributed by atoms with E-state index in [2.05, 4.69) is 10.6 Å². The van der Waals surface area contributed by atoms with Gasteiger partial charge in [-0.1, -0.05) is 0 Å². The Hall–Kier alpha value is -1.50. The van der Waals surface area contributed by atoms with Crippen LogP contribution in [0.3, 0.4) is 0 Å². The van der Waals surface area contributed by atoms with Crippen molar-refractivity contribution in [2.75, 3.05) is 13.1 Å². The number of carbonyl (C=O) groups is 3. The van der Waals surface area contributed by atoms with Gasteiger partial charge in [0.1, 0.15) is 5.38 Å². The Morgan fingerprint density at radius 2 is 1.80 bits per heavy atom. The van der Waals surface area contributed by atoms with Crippen LogP contribution in [0.1, 0.15) is 6.92 Å². The van der Waals surface area contributed by atoms with Crippen LogP contribution >= 0.6 is 11.6 Å². The number of rotatable bonds is 4. The van der Waals surface area contributed by atoms with Crippen molar-refractivity contribution in [3.05, 3.63) is 0 Å². The molecule has 0 spiro atoms. The minimum atomic E-state index is -0.778. The Morgan fingerprint density at radius 1 is 1.27 bits per heavy atom. The van der Waals surface area contributed by atoms with Gasteiger partial charge in [0.05, 0.1) is 0 Å². The lowest BCUT2D eigenvalue weighted by Crippen LogP contribution is -2.45. The van der Waals surface area contributed by atoms with Gasteiger partial charge in [-0.15, -0.1) is 11.6 Å². The number of urea groups is 2. The van der Waals surface area contributed by atoms with Crippen LogP contribution in [-0.4, -0.2) is 36.4 Å². The first-order valence-electron chi connectivity index (χ1n) is 4.19. The highest BCUT2D eigenvalue weighted by molar-refractivity contribution is 6.31. The molecule has 0 aromatic rings. The molecule has 1 atom stereocenters. The van der Waals surface area contributed by atoms with E-state index in [0.29, 0.717) is 0 Å². The zero-order chi connectivity index (χ0) is 11.8. The van der Waals surface area contributed by atoms with Crippen molar-refractivity contribution < 1.29 is 14.4 Å². The average Bonchev–Trinajstić information content (AvgIpc) is 2.12. The fourth-order valence-corrected chi connectivity index (χ4v) is 0.672. The van der Waals surface area contributed by atoms with E-state index in [1.54, 1.807) is 0 Å². The number of amides is 5. The third-order valence-electron chi connectivity index (χ3n) is 1.31. The normalized spacial score (nSPS) is 11.3. The molecule has 0 aliphatic heterocycles. The molecule has 5 amide bonds. The van der Waals surface area contributed by atoms with Gasteiger partial charge in [-0.2, -0.15) is 0 Å². The molecule has 0 heterocycles. The lowest BCUT2D eigenvalue weighted by molar-refractivity contribution is -0.119. The van der Waals surface area contributed by atoms with Gasteiger partial charge in [-0.25, -0.2) is 9.59 Å². The molecule has 0 saturated carbocycles. The van der Waals surface area contributed by atoms with E-state index in [0.717, 1.165) is 0 Å². The average molecular weight is 237 g/mol. The van der Waals surface area contributed by atoms with Gasteiger partial charge in [-0.05, 0) is 6.92 Å². The molecule has 5 N–H and O–H groups in total. The fourth-order valence-electron chi connectivity index (χ4n) is 0.617. The minimum absolute atomic E-state index is 0.165.